The van der Waals surface area contributed by atoms with Gasteiger partial charge in [-0.2, -0.15) is 8.42 Å². The molecule has 0 heterocycles. The van der Waals surface area contributed by atoms with Gasteiger partial charge in [-0.1, -0.05) is 31.5 Å². The Morgan fingerprint density at radius 3 is 2.35 bits per heavy atom. The molecule has 0 spiro atoms. The number of fused-ring (bicyclic) bond motifs is 5. The zero-order chi connectivity index (χ0) is 22.0. The van der Waals surface area contributed by atoms with Crippen LogP contribution >= 0.6 is 0 Å². The predicted molar refractivity (Wildman–Crippen MR) is 120 cm³/mol. The van der Waals surface area contributed by atoms with Gasteiger partial charge in [0.15, 0.2) is 0 Å². The molecule has 0 saturated heterocycles. The molecule has 4 fully saturated rings. The van der Waals surface area contributed by atoms with Gasteiger partial charge in [0, 0.05) is 12.8 Å². The minimum atomic E-state index is -3.75. The highest BCUT2D eigenvalue weighted by Crippen LogP contribution is 2.66. The molecular weight excluding hydrogens is 408 g/mol. The van der Waals surface area contributed by atoms with E-state index in [0.29, 0.717) is 29.5 Å². The molecule has 0 bridgehead atoms. The van der Waals surface area contributed by atoms with E-state index < -0.39 is 10.1 Å². The lowest BCUT2D eigenvalue weighted by Gasteiger charge is -2.60. The number of carbonyl (C=O) groups excluding carboxylic acids is 1. The highest BCUT2D eigenvalue weighted by molar-refractivity contribution is 7.86. The molecule has 170 valence electrons. The van der Waals surface area contributed by atoms with Gasteiger partial charge in [-0.15, -0.1) is 0 Å². The van der Waals surface area contributed by atoms with Crippen molar-refractivity contribution < 1.29 is 17.4 Å². The SMILES string of the molecule is Cc1ccc(S(=O)(=O)O[C@@H]2CC[C@@H]3[C@@H]4CC[C@@H]5CC(=O)CC[C@]5(C)[C@H]4CC[C@@]32C)cc1. The van der Waals surface area contributed by atoms with Crippen LogP contribution in [0.25, 0.3) is 0 Å². The maximum absolute atomic E-state index is 13.0. The minimum absolute atomic E-state index is 0.0768. The van der Waals surface area contributed by atoms with Crippen LogP contribution in [0.4, 0.5) is 0 Å². The van der Waals surface area contributed by atoms with Crippen LogP contribution in [0.5, 0.6) is 0 Å². The average molecular weight is 445 g/mol. The Labute approximate surface area is 187 Å². The maximum atomic E-state index is 13.0. The van der Waals surface area contributed by atoms with Crippen LogP contribution in [-0.2, 0) is 19.1 Å². The third-order valence-electron chi connectivity index (χ3n) is 9.95. The average Bonchev–Trinajstić information content (AvgIpc) is 3.04. The first-order chi connectivity index (χ1) is 14.6. The second-order valence-corrected chi connectivity index (χ2v) is 12.9. The summed E-state index contributed by atoms with van der Waals surface area (Å²) in [5.74, 6) is 2.85. The van der Waals surface area contributed by atoms with Crippen molar-refractivity contribution in [3.05, 3.63) is 29.8 Å². The molecule has 0 N–H and O–H groups in total. The fourth-order valence-electron chi connectivity index (χ4n) is 8.07. The molecule has 4 aliphatic carbocycles. The Morgan fingerprint density at radius 2 is 1.61 bits per heavy atom. The number of benzene rings is 1. The standard InChI is InChI=1S/C26H36O4S/c1-17-4-7-20(8-5-17)31(28,29)30-24-11-10-22-21-9-6-18-16-19(27)12-14-25(18,2)23(21)13-15-26(22,24)3/h4-5,7-8,18,21-24H,6,9-16H2,1-3H3/t18-,21+,22-,23+,24-,25+,26+/m1/s1. The van der Waals surface area contributed by atoms with Gasteiger partial charge in [-0.05, 0) is 98.5 Å². The van der Waals surface area contributed by atoms with Crippen molar-refractivity contribution in [3.63, 3.8) is 0 Å². The van der Waals surface area contributed by atoms with E-state index in [1.54, 1.807) is 12.1 Å². The molecule has 5 heteroatoms. The predicted octanol–water partition coefficient (Wildman–Crippen LogP) is 5.68. The molecule has 1 aromatic carbocycles. The molecule has 4 aliphatic rings. The van der Waals surface area contributed by atoms with E-state index in [-0.39, 0.29) is 21.8 Å². The topological polar surface area (TPSA) is 60.4 Å². The largest absolute Gasteiger partial charge is 0.300 e. The van der Waals surface area contributed by atoms with Gasteiger partial charge in [0.25, 0.3) is 10.1 Å². The van der Waals surface area contributed by atoms with Crippen molar-refractivity contribution in [2.45, 2.75) is 89.6 Å². The lowest BCUT2D eigenvalue weighted by molar-refractivity contribution is -0.140. The van der Waals surface area contributed by atoms with Crippen molar-refractivity contribution in [3.8, 4) is 0 Å². The van der Waals surface area contributed by atoms with Crippen LogP contribution in [-0.4, -0.2) is 20.3 Å². The van der Waals surface area contributed by atoms with E-state index in [9.17, 15) is 13.2 Å². The summed E-state index contributed by atoms with van der Waals surface area (Å²) in [7, 11) is -3.75. The molecule has 0 unspecified atom stereocenters. The highest BCUT2D eigenvalue weighted by atomic mass is 32.2. The van der Waals surface area contributed by atoms with Gasteiger partial charge in [-0.3, -0.25) is 8.98 Å². The second-order valence-electron chi connectivity index (χ2n) is 11.4. The monoisotopic (exact) mass is 444 g/mol. The van der Waals surface area contributed by atoms with Crippen LogP contribution in [0.3, 0.4) is 0 Å². The summed E-state index contributed by atoms with van der Waals surface area (Å²) >= 11 is 0. The number of aryl methyl sites for hydroxylation is 1. The fraction of sp³-hybridized carbons (Fsp3) is 0.731. The van der Waals surface area contributed by atoms with E-state index in [2.05, 4.69) is 13.8 Å². The highest BCUT2D eigenvalue weighted by Gasteiger charge is 2.61. The number of carbonyl (C=O) groups is 1. The zero-order valence-corrected chi connectivity index (χ0v) is 19.9. The molecule has 5 rings (SSSR count). The molecule has 31 heavy (non-hydrogen) atoms. The molecule has 7 atom stereocenters. The van der Waals surface area contributed by atoms with Gasteiger partial charge in [0.1, 0.15) is 5.78 Å². The summed E-state index contributed by atoms with van der Waals surface area (Å²) in [5.41, 5.74) is 1.25. The summed E-state index contributed by atoms with van der Waals surface area (Å²) in [6, 6.07) is 6.97. The van der Waals surface area contributed by atoms with E-state index in [0.717, 1.165) is 56.9 Å². The quantitative estimate of drug-likeness (QED) is 0.563. The lowest BCUT2D eigenvalue weighted by Crippen LogP contribution is -2.54. The first kappa shape index (κ1) is 21.6. The number of Topliss-reactive ketones (excluding diaryl/α,β-unsaturated/α-hetero) is 1. The summed E-state index contributed by atoms with van der Waals surface area (Å²) < 4.78 is 32.0. The minimum Gasteiger partial charge on any atom is -0.300 e. The van der Waals surface area contributed by atoms with Gasteiger partial charge >= 0.3 is 0 Å². The Morgan fingerprint density at radius 1 is 0.903 bits per heavy atom. The second kappa shape index (κ2) is 7.41. The van der Waals surface area contributed by atoms with Crippen molar-refractivity contribution in [2.75, 3.05) is 0 Å². The summed E-state index contributed by atoms with van der Waals surface area (Å²) in [5, 5.41) is 0. The Balaban J connectivity index is 1.37. The van der Waals surface area contributed by atoms with Crippen molar-refractivity contribution >= 4 is 15.9 Å². The van der Waals surface area contributed by atoms with Gasteiger partial charge in [0.05, 0.1) is 11.0 Å². The van der Waals surface area contributed by atoms with Crippen LogP contribution in [0.15, 0.2) is 29.2 Å². The van der Waals surface area contributed by atoms with Crippen LogP contribution in [0, 0.1) is 41.4 Å². The Hall–Kier alpha value is -1.20. The zero-order valence-electron chi connectivity index (χ0n) is 19.1. The Kier molecular flexibility index (Phi) is 5.17. The normalized spacial score (nSPS) is 42.5. The number of ketones is 1. The number of hydrogen-bond donors (Lipinski definition) is 0. The van der Waals surface area contributed by atoms with E-state index in [1.807, 2.05) is 19.1 Å². The van der Waals surface area contributed by atoms with Gasteiger partial charge in [-0.25, -0.2) is 0 Å². The van der Waals surface area contributed by atoms with Crippen molar-refractivity contribution in [1.29, 1.82) is 0 Å². The molecule has 0 radical (unpaired) electrons. The molecular formula is C26H36O4S. The lowest BCUT2D eigenvalue weighted by atomic mass is 9.45. The third-order valence-corrected chi connectivity index (χ3v) is 11.3. The molecule has 4 nitrogen and oxygen atoms in total. The third kappa shape index (κ3) is 3.42. The molecule has 1 aromatic rings. The number of rotatable bonds is 3. The van der Waals surface area contributed by atoms with E-state index in [1.165, 1.54) is 6.42 Å². The molecule has 0 aromatic heterocycles. The first-order valence-corrected chi connectivity index (χ1v) is 13.6. The van der Waals surface area contributed by atoms with E-state index >= 15 is 0 Å². The van der Waals surface area contributed by atoms with Crippen molar-refractivity contribution in [1.82, 2.24) is 0 Å². The number of hydrogen-bond acceptors (Lipinski definition) is 4. The molecule has 0 amide bonds. The maximum Gasteiger partial charge on any atom is 0.297 e. The van der Waals surface area contributed by atoms with Crippen LogP contribution in [0.1, 0.15) is 77.2 Å². The van der Waals surface area contributed by atoms with Gasteiger partial charge in [0.2, 0.25) is 0 Å². The summed E-state index contributed by atoms with van der Waals surface area (Å²) in [4.78, 5) is 12.4. The smallest absolute Gasteiger partial charge is 0.297 e. The Bertz CT molecular complexity index is 968. The van der Waals surface area contributed by atoms with Crippen molar-refractivity contribution in [2.24, 2.45) is 34.5 Å². The van der Waals surface area contributed by atoms with E-state index in [4.69, 9.17) is 4.18 Å². The summed E-state index contributed by atoms with van der Waals surface area (Å²) in [6.45, 7) is 6.69. The molecule has 0 aliphatic heterocycles. The first-order valence-electron chi connectivity index (χ1n) is 12.2. The van der Waals surface area contributed by atoms with Crippen LogP contribution in [0.2, 0.25) is 0 Å². The van der Waals surface area contributed by atoms with Crippen LogP contribution < -0.4 is 0 Å². The molecule has 4 saturated carbocycles. The fourth-order valence-corrected chi connectivity index (χ4v) is 9.27. The summed E-state index contributed by atoms with van der Waals surface area (Å²) in [6.07, 6.45) is 8.75. The van der Waals surface area contributed by atoms with Gasteiger partial charge < -0.3 is 0 Å².